The van der Waals surface area contributed by atoms with Crippen LogP contribution in [0.15, 0.2) is 18.3 Å². The minimum Gasteiger partial charge on any atom is -0.494 e. The van der Waals surface area contributed by atoms with E-state index in [1.165, 1.54) is 22.2 Å². The van der Waals surface area contributed by atoms with Crippen LogP contribution in [0.1, 0.15) is 15.9 Å². The lowest BCUT2D eigenvalue weighted by Crippen LogP contribution is -2.43. The smallest absolute Gasteiger partial charge is 0.258 e. The standard InChI is InChI=1S/C18H19N7O2S/c1-24-16(11(9-19)10-21-24)23-17(26)12-3-4-13(27-2)14-15(12)28-18(22-14)25-7-5-20-6-8-25/h3-4,10,20H,5-8H2,1-2H3,(H,23,26). The number of methoxy groups -OCH3 is 1. The zero-order valence-corrected chi connectivity index (χ0v) is 16.3. The van der Waals surface area contributed by atoms with E-state index in [-0.39, 0.29) is 5.91 Å². The zero-order chi connectivity index (χ0) is 19.7. The van der Waals surface area contributed by atoms with Crippen LogP contribution >= 0.6 is 11.3 Å². The molecular weight excluding hydrogens is 378 g/mol. The summed E-state index contributed by atoms with van der Waals surface area (Å²) >= 11 is 1.47. The van der Waals surface area contributed by atoms with E-state index >= 15 is 0 Å². The molecule has 3 heterocycles. The van der Waals surface area contributed by atoms with Crippen molar-refractivity contribution in [3.8, 4) is 11.8 Å². The molecule has 1 fully saturated rings. The van der Waals surface area contributed by atoms with Gasteiger partial charge in [-0.15, -0.1) is 0 Å². The number of nitrogens with one attached hydrogen (secondary N) is 2. The lowest BCUT2D eigenvalue weighted by molar-refractivity contribution is 0.102. The van der Waals surface area contributed by atoms with Gasteiger partial charge in [0, 0.05) is 33.2 Å². The number of aryl methyl sites for hydroxylation is 1. The van der Waals surface area contributed by atoms with Gasteiger partial charge in [-0.2, -0.15) is 10.4 Å². The number of fused-ring (bicyclic) bond motifs is 1. The molecule has 2 N–H and O–H groups in total. The van der Waals surface area contributed by atoms with Crippen molar-refractivity contribution >= 4 is 38.4 Å². The highest BCUT2D eigenvalue weighted by atomic mass is 32.1. The summed E-state index contributed by atoms with van der Waals surface area (Å²) in [6, 6.07) is 5.50. The summed E-state index contributed by atoms with van der Waals surface area (Å²) in [6.45, 7) is 3.53. The Balaban J connectivity index is 1.74. The average Bonchev–Trinajstić information content (AvgIpc) is 3.32. The topological polar surface area (TPSA) is 108 Å². The number of anilines is 2. The second-order valence-electron chi connectivity index (χ2n) is 6.32. The van der Waals surface area contributed by atoms with Gasteiger partial charge in [0.25, 0.3) is 5.91 Å². The van der Waals surface area contributed by atoms with E-state index in [9.17, 15) is 10.1 Å². The molecule has 1 aromatic carbocycles. The first-order chi connectivity index (χ1) is 13.6. The highest BCUT2D eigenvalue weighted by Crippen LogP contribution is 2.37. The third-order valence-electron chi connectivity index (χ3n) is 4.64. The second-order valence-corrected chi connectivity index (χ2v) is 7.30. The molecule has 1 saturated heterocycles. The fourth-order valence-corrected chi connectivity index (χ4v) is 4.29. The Kier molecular flexibility index (Phi) is 4.85. The molecule has 9 nitrogen and oxygen atoms in total. The normalized spacial score (nSPS) is 14.1. The van der Waals surface area contributed by atoms with Gasteiger partial charge in [-0.3, -0.25) is 9.48 Å². The summed E-state index contributed by atoms with van der Waals surface area (Å²) in [5.74, 6) is 0.675. The lowest BCUT2D eigenvalue weighted by Gasteiger charge is -2.26. The maximum absolute atomic E-state index is 13.0. The molecular formula is C18H19N7O2S. The highest BCUT2D eigenvalue weighted by Gasteiger charge is 2.22. The van der Waals surface area contributed by atoms with E-state index in [2.05, 4.69) is 20.6 Å². The van der Waals surface area contributed by atoms with Crippen LogP contribution in [-0.2, 0) is 7.05 Å². The molecule has 4 rings (SSSR count). The fourth-order valence-electron chi connectivity index (χ4n) is 3.15. The number of carbonyl (C=O) groups is 1. The number of carbonyl (C=O) groups excluding carboxylic acids is 1. The summed E-state index contributed by atoms with van der Waals surface area (Å²) < 4.78 is 7.67. The maximum Gasteiger partial charge on any atom is 0.258 e. The quantitative estimate of drug-likeness (QED) is 0.688. The number of rotatable bonds is 4. The summed E-state index contributed by atoms with van der Waals surface area (Å²) in [7, 11) is 3.27. The SMILES string of the molecule is COc1ccc(C(=O)Nc2c(C#N)cnn2C)c2sc(N3CCNCC3)nc12. The minimum absolute atomic E-state index is 0.311. The summed E-state index contributed by atoms with van der Waals surface area (Å²) in [5.41, 5.74) is 1.46. The van der Waals surface area contributed by atoms with Crippen LogP contribution in [-0.4, -0.2) is 54.0 Å². The predicted octanol–water partition coefficient (Wildman–Crippen LogP) is 1.57. The number of hydrogen-bond acceptors (Lipinski definition) is 8. The molecule has 1 amide bonds. The van der Waals surface area contributed by atoms with E-state index in [0.717, 1.165) is 36.0 Å². The molecule has 0 atom stereocenters. The van der Waals surface area contributed by atoms with E-state index < -0.39 is 0 Å². The van der Waals surface area contributed by atoms with Crippen molar-refractivity contribution in [3.05, 3.63) is 29.5 Å². The second kappa shape index (κ2) is 7.46. The van der Waals surface area contributed by atoms with E-state index in [4.69, 9.17) is 9.72 Å². The van der Waals surface area contributed by atoms with Crippen molar-refractivity contribution < 1.29 is 9.53 Å². The van der Waals surface area contributed by atoms with Crippen LogP contribution in [0.4, 0.5) is 10.9 Å². The summed E-state index contributed by atoms with van der Waals surface area (Å²) in [4.78, 5) is 19.9. The zero-order valence-electron chi connectivity index (χ0n) is 15.5. The molecule has 2 aromatic heterocycles. The van der Waals surface area contributed by atoms with Crippen molar-refractivity contribution in [2.24, 2.45) is 7.05 Å². The molecule has 28 heavy (non-hydrogen) atoms. The molecule has 1 aliphatic rings. The predicted molar refractivity (Wildman–Crippen MR) is 107 cm³/mol. The number of benzene rings is 1. The van der Waals surface area contributed by atoms with Crippen LogP contribution in [0, 0.1) is 11.3 Å². The molecule has 0 aliphatic carbocycles. The number of aromatic nitrogens is 3. The summed E-state index contributed by atoms with van der Waals surface area (Å²) in [6.07, 6.45) is 1.43. The third-order valence-corrected chi connectivity index (χ3v) is 5.79. The Morgan fingerprint density at radius 2 is 2.18 bits per heavy atom. The number of ether oxygens (including phenoxy) is 1. The number of hydrogen-bond donors (Lipinski definition) is 2. The van der Waals surface area contributed by atoms with Crippen molar-refractivity contribution in [1.29, 1.82) is 5.26 Å². The number of thiazole rings is 1. The van der Waals surface area contributed by atoms with Gasteiger partial charge in [-0.1, -0.05) is 11.3 Å². The Labute approximate surface area is 165 Å². The minimum atomic E-state index is -0.316. The fraction of sp³-hybridized carbons (Fsp3) is 0.333. The maximum atomic E-state index is 13.0. The molecule has 0 bridgehead atoms. The molecule has 0 radical (unpaired) electrons. The van der Waals surface area contributed by atoms with Crippen LogP contribution in [0.25, 0.3) is 10.2 Å². The van der Waals surface area contributed by atoms with Gasteiger partial charge in [0.2, 0.25) is 0 Å². The molecule has 3 aromatic rings. The Morgan fingerprint density at radius 1 is 1.39 bits per heavy atom. The molecule has 10 heteroatoms. The van der Waals surface area contributed by atoms with Gasteiger partial charge in [0.15, 0.2) is 5.13 Å². The monoisotopic (exact) mass is 397 g/mol. The number of nitrogens with zero attached hydrogens (tertiary/aromatic N) is 5. The van der Waals surface area contributed by atoms with Crippen LogP contribution in [0.5, 0.6) is 5.75 Å². The first kappa shape index (κ1) is 18.2. The van der Waals surface area contributed by atoms with Crippen LogP contribution in [0.3, 0.4) is 0 Å². The van der Waals surface area contributed by atoms with Gasteiger partial charge in [-0.05, 0) is 12.1 Å². The van der Waals surface area contributed by atoms with Gasteiger partial charge >= 0.3 is 0 Å². The van der Waals surface area contributed by atoms with E-state index in [1.54, 1.807) is 26.3 Å². The largest absolute Gasteiger partial charge is 0.494 e. The first-order valence-electron chi connectivity index (χ1n) is 8.79. The Bertz CT molecular complexity index is 1080. The van der Waals surface area contributed by atoms with Gasteiger partial charge in [-0.25, -0.2) is 4.98 Å². The Morgan fingerprint density at radius 3 is 2.89 bits per heavy atom. The van der Waals surface area contributed by atoms with Crippen LogP contribution < -0.4 is 20.3 Å². The van der Waals surface area contributed by atoms with Crippen molar-refractivity contribution in [1.82, 2.24) is 20.1 Å². The van der Waals surface area contributed by atoms with Crippen LogP contribution in [0.2, 0.25) is 0 Å². The number of piperazine rings is 1. The van der Waals surface area contributed by atoms with Crippen molar-refractivity contribution in [2.45, 2.75) is 0 Å². The Hall–Kier alpha value is -3.16. The lowest BCUT2D eigenvalue weighted by atomic mass is 10.2. The third kappa shape index (κ3) is 3.15. The van der Waals surface area contributed by atoms with Gasteiger partial charge in [0.05, 0.1) is 23.6 Å². The molecule has 144 valence electrons. The molecule has 0 saturated carbocycles. The van der Waals surface area contributed by atoms with E-state index in [1.807, 2.05) is 6.07 Å². The van der Waals surface area contributed by atoms with E-state index in [0.29, 0.717) is 28.2 Å². The number of nitriles is 1. The molecule has 1 aliphatic heterocycles. The average molecular weight is 397 g/mol. The van der Waals surface area contributed by atoms with Gasteiger partial charge in [0.1, 0.15) is 28.7 Å². The van der Waals surface area contributed by atoms with Crippen molar-refractivity contribution in [3.63, 3.8) is 0 Å². The molecule has 0 spiro atoms. The van der Waals surface area contributed by atoms with Gasteiger partial charge < -0.3 is 20.3 Å². The first-order valence-corrected chi connectivity index (χ1v) is 9.60. The summed E-state index contributed by atoms with van der Waals surface area (Å²) in [5, 5.41) is 20.2. The molecule has 0 unspecified atom stereocenters. The number of amides is 1. The van der Waals surface area contributed by atoms with Crippen molar-refractivity contribution in [2.75, 3.05) is 43.5 Å². The highest BCUT2D eigenvalue weighted by molar-refractivity contribution is 7.22.